The Balaban J connectivity index is 3.34. The molecule has 0 saturated carbocycles. The number of rotatable bonds is 4. The number of hydrogen-bond acceptors (Lipinski definition) is 3. The van der Waals surface area contributed by atoms with Gasteiger partial charge in [0.05, 0.1) is 19.8 Å². The van der Waals surface area contributed by atoms with Gasteiger partial charge < -0.3 is 9.47 Å². The van der Waals surface area contributed by atoms with Crippen LogP contribution in [0.15, 0.2) is 24.8 Å². The minimum atomic E-state index is -0.176. The van der Waals surface area contributed by atoms with Crippen LogP contribution in [0.5, 0.6) is 11.5 Å². The van der Waals surface area contributed by atoms with Crippen LogP contribution in [0.2, 0.25) is 0 Å². The number of aryl methyl sites for hydroxylation is 1. The predicted molar refractivity (Wildman–Crippen MR) is 58.8 cm³/mol. The molecule has 80 valence electrons. The molecular formula is C12H14O3. The Labute approximate surface area is 89.3 Å². The van der Waals surface area contributed by atoms with Crippen LogP contribution in [-0.4, -0.2) is 20.0 Å². The van der Waals surface area contributed by atoms with Crippen molar-refractivity contribution in [3.05, 3.63) is 35.9 Å². The van der Waals surface area contributed by atoms with E-state index in [0.29, 0.717) is 17.1 Å². The number of methoxy groups -OCH3 is 2. The Morgan fingerprint density at radius 1 is 1.27 bits per heavy atom. The molecule has 0 heterocycles. The van der Waals surface area contributed by atoms with E-state index in [2.05, 4.69) is 6.58 Å². The molecule has 0 radical (unpaired) electrons. The summed E-state index contributed by atoms with van der Waals surface area (Å²) in [6.07, 6.45) is 1.26. The fourth-order valence-corrected chi connectivity index (χ4v) is 1.35. The number of hydrogen-bond donors (Lipinski definition) is 0. The van der Waals surface area contributed by atoms with Crippen LogP contribution in [-0.2, 0) is 0 Å². The zero-order valence-corrected chi connectivity index (χ0v) is 9.16. The van der Waals surface area contributed by atoms with Gasteiger partial charge in [-0.3, -0.25) is 4.79 Å². The lowest BCUT2D eigenvalue weighted by atomic mass is 10.1. The molecule has 0 saturated heterocycles. The van der Waals surface area contributed by atoms with Crippen LogP contribution in [0.25, 0.3) is 0 Å². The van der Waals surface area contributed by atoms with E-state index in [1.54, 1.807) is 19.2 Å². The molecule has 0 fully saturated rings. The lowest BCUT2D eigenvalue weighted by Crippen LogP contribution is -2.00. The van der Waals surface area contributed by atoms with Gasteiger partial charge in [0.25, 0.3) is 0 Å². The van der Waals surface area contributed by atoms with Crippen molar-refractivity contribution in [2.45, 2.75) is 6.92 Å². The van der Waals surface area contributed by atoms with Crippen molar-refractivity contribution in [2.75, 3.05) is 14.2 Å². The summed E-state index contributed by atoms with van der Waals surface area (Å²) in [5.41, 5.74) is 1.39. The summed E-state index contributed by atoms with van der Waals surface area (Å²) in [4.78, 5) is 11.5. The summed E-state index contributed by atoms with van der Waals surface area (Å²) in [7, 11) is 3.10. The quantitative estimate of drug-likeness (QED) is 0.560. The molecule has 0 aliphatic carbocycles. The second kappa shape index (κ2) is 4.64. The highest BCUT2D eigenvalue weighted by Gasteiger charge is 2.12. The lowest BCUT2D eigenvalue weighted by molar-refractivity contribution is 0.104. The minimum Gasteiger partial charge on any atom is -0.496 e. The van der Waals surface area contributed by atoms with Gasteiger partial charge in [-0.1, -0.05) is 6.58 Å². The molecule has 0 aliphatic heterocycles. The van der Waals surface area contributed by atoms with Crippen molar-refractivity contribution in [3.63, 3.8) is 0 Å². The summed E-state index contributed by atoms with van der Waals surface area (Å²) >= 11 is 0. The van der Waals surface area contributed by atoms with Gasteiger partial charge in [0.2, 0.25) is 0 Å². The monoisotopic (exact) mass is 206 g/mol. The van der Waals surface area contributed by atoms with Gasteiger partial charge in [0, 0.05) is 0 Å². The van der Waals surface area contributed by atoms with Crippen molar-refractivity contribution < 1.29 is 14.3 Å². The Kier molecular flexibility index (Phi) is 3.50. The molecule has 0 spiro atoms. The van der Waals surface area contributed by atoms with Crippen LogP contribution >= 0.6 is 0 Å². The highest BCUT2D eigenvalue weighted by Crippen LogP contribution is 2.28. The normalized spacial score (nSPS) is 9.53. The van der Waals surface area contributed by atoms with Crippen LogP contribution < -0.4 is 9.47 Å². The van der Waals surface area contributed by atoms with Gasteiger partial charge in [-0.05, 0) is 30.7 Å². The number of carbonyl (C=O) groups excluding carboxylic acids is 1. The second-order valence-electron chi connectivity index (χ2n) is 3.09. The first kappa shape index (κ1) is 11.3. The molecule has 1 rings (SSSR count). The zero-order valence-electron chi connectivity index (χ0n) is 9.16. The Morgan fingerprint density at radius 3 is 2.33 bits per heavy atom. The van der Waals surface area contributed by atoms with E-state index in [1.807, 2.05) is 6.92 Å². The average molecular weight is 206 g/mol. The summed E-state index contributed by atoms with van der Waals surface area (Å²) < 4.78 is 10.3. The lowest BCUT2D eigenvalue weighted by Gasteiger charge is -2.10. The number of allylic oxidation sites excluding steroid dienone is 1. The summed E-state index contributed by atoms with van der Waals surface area (Å²) in [6.45, 7) is 5.34. The molecule has 15 heavy (non-hydrogen) atoms. The van der Waals surface area contributed by atoms with Crippen molar-refractivity contribution in [1.29, 1.82) is 0 Å². The predicted octanol–water partition coefficient (Wildman–Crippen LogP) is 2.38. The van der Waals surface area contributed by atoms with Crippen LogP contribution in [0, 0.1) is 6.92 Å². The van der Waals surface area contributed by atoms with Crippen molar-refractivity contribution in [1.82, 2.24) is 0 Å². The van der Waals surface area contributed by atoms with Crippen LogP contribution in [0.3, 0.4) is 0 Å². The summed E-state index contributed by atoms with van der Waals surface area (Å²) in [6, 6.07) is 3.44. The van der Waals surface area contributed by atoms with Crippen molar-refractivity contribution >= 4 is 5.78 Å². The largest absolute Gasteiger partial charge is 0.496 e. The topological polar surface area (TPSA) is 35.5 Å². The molecule has 0 aliphatic rings. The van der Waals surface area contributed by atoms with E-state index < -0.39 is 0 Å². The third-order valence-electron chi connectivity index (χ3n) is 2.17. The van der Waals surface area contributed by atoms with Gasteiger partial charge in [-0.25, -0.2) is 0 Å². The first-order valence-electron chi connectivity index (χ1n) is 4.53. The van der Waals surface area contributed by atoms with Crippen LogP contribution in [0.1, 0.15) is 15.9 Å². The number of carbonyl (C=O) groups is 1. The van der Waals surface area contributed by atoms with Crippen molar-refractivity contribution in [2.24, 2.45) is 0 Å². The van der Waals surface area contributed by atoms with E-state index >= 15 is 0 Å². The van der Waals surface area contributed by atoms with Gasteiger partial charge >= 0.3 is 0 Å². The van der Waals surface area contributed by atoms with Gasteiger partial charge in [0.15, 0.2) is 5.78 Å². The van der Waals surface area contributed by atoms with Gasteiger partial charge in [-0.15, -0.1) is 0 Å². The first-order chi connectivity index (χ1) is 7.13. The Hall–Kier alpha value is -1.77. The minimum absolute atomic E-state index is 0.176. The molecule has 3 heteroatoms. The van der Waals surface area contributed by atoms with Gasteiger partial charge in [0.1, 0.15) is 11.5 Å². The molecule has 0 N–H and O–H groups in total. The fourth-order valence-electron chi connectivity index (χ4n) is 1.35. The molecule has 0 atom stereocenters. The maximum atomic E-state index is 11.5. The maximum absolute atomic E-state index is 11.5. The highest BCUT2D eigenvalue weighted by atomic mass is 16.5. The Bertz CT molecular complexity index is 394. The molecule has 0 amide bonds. The van der Waals surface area contributed by atoms with Crippen molar-refractivity contribution in [3.8, 4) is 11.5 Å². The first-order valence-corrected chi connectivity index (χ1v) is 4.53. The summed E-state index contributed by atoms with van der Waals surface area (Å²) in [5, 5.41) is 0. The molecule has 1 aromatic carbocycles. The molecular weight excluding hydrogens is 192 g/mol. The fraction of sp³-hybridized carbons (Fsp3) is 0.250. The van der Waals surface area contributed by atoms with E-state index in [9.17, 15) is 4.79 Å². The number of ketones is 1. The zero-order chi connectivity index (χ0) is 11.4. The molecule has 0 bridgehead atoms. The number of benzene rings is 1. The van der Waals surface area contributed by atoms with Crippen LogP contribution in [0.4, 0.5) is 0 Å². The highest BCUT2D eigenvalue weighted by molar-refractivity contribution is 6.06. The maximum Gasteiger partial charge on any atom is 0.189 e. The Morgan fingerprint density at radius 2 is 1.87 bits per heavy atom. The number of ether oxygens (including phenoxy) is 2. The standard InChI is InChI=1S/C12H14O3/c1-5-10(13)9-7-11(14-3)8(2)6-12(9)15-4/h5-7H,1H2,2-4H3. The molecule has 1 aromatic rings. The summed E-state index contributed by atoms with van der Waals surface area (Å²) in [5.74, 6) is 1.03. The molecule has 0 aromatic heterocycles. The third-order valence-corrected chi connectivity index (χ3v) is 2.17. The van der Waals surface area contributed by atoms with E-state index in [4.69, 9.17) is 9.47 Å². The van der Waals surface area contributed by atoms with E-state index in [0.717, 1.165) is 5.56 Å². The SMILES string of the molecule is C=CC(=O)c1cc(OC)c(C)cc1OC. The molecule has 3 nitrogen and oxygen atoms in total. The molecule has 0 unspecified atom stereocenters. The average Bonchev–Trinajstić information content (AvgIpc) is 2.27. The second-order valence-corrected chi connectivity index (χ2v) is 3.09. The van der Waals surface area contributed by atoms with E-state index in [1.165, 1.54) is 13.2 Å². The van der Waals surface area contributed by atoms with Gasteiger partial charge in [-0.2, -0.15) is 0 Å². The third kappa shape index (κ3) is 2.18. The van der Waals surface area contributed by atoms with E-state index in [-0.39, 0.29) is 5.78 Å². The smallest absolute Gasteiger partial charge is 0.189 e.